The summed E-state index contributed by atoms with van der Waals surface area (Å²) in [7, 11) is 2.19. The van der Waals surface area contributed by atoms with Gasteiger partial charge in [0.1, 0.15) is 0 Å². The van der Waals surface area contributed by atoms with Crippen LogP contribution in [0.3, 0.4) is 0 Å². The molecular formula is C29H27N5. The number of aromatic amines is 1. The highest BCUT2D eigenvalue weighted by atomic mass is 15.2. The van der Waals surface area contributed by atoms with E-state index in [0.29, 0.717) is 0 Å². The minimum atomic E-state index is 0.736. The molecule has 0 atom stereocenters. The van der Waals surface area contributed by atoms with E-state index in [1.54, 1.807) is 0 Å². The fraction of sp³-hybridized carbons (Fsp3) is 0.172. The van der Waals surface area contributed by atoms with Crippen molar-refractivity contribution in [1.82, 2.24) is 20.1 Å². The molecule has 168 valence electrons. The number of rotatable bonds is 4. The second-order valence-corrected chi connectivity index (χ2v) is 8.97. The van der Waals surface area contributed by atoms with E-state index in [2.05, 4.69) is 111 Å². The number of fused-ring (bicyclic) bond motifs is 1. The van der Waals surface area contributed by atoms with Gasteiger partial charge in [0.25, 0.3) is 0 Å². The van der Waals surface area contributed by atoms with Gasteiger partial charge in [-0.15, -0.1) is 0 Å². The van der Waals surface area contributed by atoms with Gasteiger partial charge in [0.15, 0.2) is 5.65 Å². The van der Waals surface area contributed by atoms with Crippen LogP contribution in [0.15, 0.2) is 91.1 Å². The normalized spacial score (nSPS) is 14.6. The Labute approximate surface area is 199 Å². The molecule has 1 saturated heterocycles. The molecule has 5 heteroatoms. The summed E-state index contributed by atoms with van der Waals surface area (Å²) >= 11 is 0. The van der Waals surface area contributed by atoms with Crippen LogP contribution in [0, 0.1) is 0 Å². The van der Waals surface area contributed by atoms with Crippen LogP contribution in [-0.4, -0.2) is 53.3 Å². The average molecular weight is 446 g/mol. The van der Waals surface area contributed by atoms with Crippen molar-refractivity contribution in [1.29, 1.82) is 0 Å². The number of likely N-dealkylation sites (N-methyl/N-ethyl adjacent to an activating group) is 1. The molecule has 1 aliphatic heterocycles. The van der Waals surface area contributed by atoms with E-state index >= 15 is 0 Å². The molecule has 3 aromatic carbocycles. The van der Waals surface area contributed by atoms with Crippen LogP contribution in [-0.2, 0) is 0 Å². The van der Waals surface area contributed by atoms with E-state index in [9.17, 15) is 0 Å². The summed E-state index contributed by atoms with van der Waals surface area (Å²) in [6.07, 6.45) is 1.91. The molecule has 6 rings (SSSR count). The maximum atomic E-state index is 4.63. The highest BCUT2D eigenvalue weighted by Crippen LogP contribution is 2.31. The van der Waals surface area contributed by atoms with Gasteiger partial charge in [0.05, 0.1) is 5.69 Å². The first-order chi connectivity index (χ1) is 16.7. The standard InChI is InChI=1S/C29H27N5/c1-33-15-17-34(18-16-33)26-13-11-23(12-14-26)25-19-27-28(31-32-29(27)30-20-25)24-9-7-22(8-10-24)21-5-3-2-4-6-21/h2-14,19-20H,15-18H2,1H3,(H,30,31,32). The lowest BCUT2D eigenvalue weighted by molar-refractivity contribution is 0.313. The number of piperazine rings is 1. The van der Waals surface area contributed by atoms with Crippen molar-refractivity contribution < 1.29 is 0 Å². The average Bonchev–Trinajstić information content (AvgIpc) is 3.33. The van der Waals surface area contributed by atoms with Crippen LogP contribution in [0.1, 0.15) is 0 Å². The number of anilines is 1. The number of H-pyrrole nitrogens is 1. The molecule has 5 nitrogen and oxygen atoms in total. The van der Waals surface area contributed by atoms with Crippen molar-refractivity contribution in [2.45, 2.75) is 0 Å². The molecule has 0 unspecified atom stereocenters. The van der Waals surface area contributed by atoms with Gasteiger partial charge in [0.2, 0.25) is 0 Å². The molecule has 5 aromatic rings. The number of nitrogens with zero attached hydrogens (tertiary/aromatic N) is 4. The predicted octanol–water partition coefficient (Wildman–Crippen LogP) is 5.71. The molecule has 3 heterocycles. The van der Waals surface area contributed by atoms with Crippen molar-refractivity contribution in [3.05, 3.63) is 91.1 Å². The Morgan fingerprint density at radius 1 is 0.676 bits per heavy atom. The Morgan fingerprint density at radius 2 is 1.29 bits per heavy atom. The second kappa shape index (κ2) is 8.76. The maximum Gasteiger partial charge on any atom is 0.181 e. The fourth-order valence-electron chi connectivity index (χ4n) is 4.67. The molecular weight excluding hydrogens is 418 g/mol. The summed E-state index contributed by atoms with van der Waals surface area (Å²) in [5.74, 6) is 0. The molecule has 0 amide bonds. The van der Waals surface area contributed by atoms with Crippen molar-refractivity contribution in [2.75, 3.05) is 38.1 Å². The van der Waals surface area contributed by atoms with Crippen molar-refractivity contribution in [2.24, 2.45) is 0 Å². The molecule has 0 radical (unpaired) electrons. The third kappa shape index (κ3) is 3.95. The highest BCUT2D eigenvalue weighted by molar-refractivity contribution is 5.93. The Kier molecular flexibility index (Phi) is 5.32. The topological polar surface area (TPSA) is 48.1 Å². The molecule has 0 spiro atoms. The largest absolute Gasteiger partial charge is 0.369 e. The number of pyridine rings is 1. The molecule has 2 aromatic heterocycles. The van der Waals surface area contributed by atoms with E-state index in [0.717, 1.165) is 54.0 Å². The van der Waals surface area contributed by atoms with E-state index in [-0.39, 0.29) is 0 Å². The minimum Gasteiger partial charge on any atom is -0.369 e. The van der Waals surface area contributed by atoms with Gasteiger partial charge in [-0.1, -0.05) is 66.7 Å². The van der Waals surface area contributed by atoms with E-state index < -0.39 is 0 Å². The molecule has 0 saturated carbocycles. The summed E-state index contributed by atoms with van der Waals surface area (Å²) in [4.78, 5) is 9.47. The highest BCUT2D eigenvalue weighted by Gasteiger charge is 2.15. The fourth-order valence-corrected chi connectivity index (χ4v) is 4.67. The van der Waals surface area contributed by atoms with Crippen molar-refractivity contribution in [3.8, 4) is 33.5 Å². The van der Waals surface area contributed by atoms with Crippen LogP contribution >= 0.6 is 0 Å². The quantitative estimate of drug-likeness (QED) is 0.385. The summed E-state index contributed by atoms with van der Waals surface area (Å²) < 4.78 is 0. The van der Waals surface area contributed by atoms with Gasteiger partial charge in [0, 0.05) is 54.6 Å². The van der Waals surface area contributed by atoms with Gasteiger partial charge in [-0.25, -0.2) is 4.98 Å². The van der Waals surface area contributed by atoms with Crippen LogP contribution in [0.5, 0.6) is 0 Å². The number of hydrogen-bond donors (Lipinski definition) is 1. The zero-order valence-corrected chi connectivity index (χ0v) is 19.3. The number of nitrogens with one attached hydrogen (secondary N) is 1. The van der Waals surface area contributed by atoms with Crippen LogP contribution in [0.25, 0.3) is 44.5 Å². The number of aromatic nitrogens is 3. The lowest BCUT2D eigenvalue weighted by Crippen LogP contribution is -2.44. The van der Waals surface area contributed by atoms with Gasteiger partial charge in [-0.3, -0.25) is 5.10 Å². The van der Waals surface area contributed by atoms with E-state index in [1.165, 1.54) is 22.4 Å². The molecule has 34 heavy (non-hydrogen) atoms. The molecule has 1 aliphatic rings. The van der Waals surface area contributed by atoms with Crippen LogP contribution in [0.4, 0.5) is 5.69 Å². The van der Waals surface area contributed by atoms with Gasteiger partial charge in [-0.2, -0.15) is 5.10 Å². The predicted molar refractivity (Wildman–Crippen MR) is 140 cm³/mol. The van der Waals surface area contributed by atoms with Gasteiger partial charge >= 0.3 is 0 Å². The number of benzene rings is 3. The Bertz CT molecular complexity index is 1400. The van der Waals surface area contributed by atoms with Crippen molar-refractivity contribution >= 4 is 16.7 Å². The first-order valence-electron chi connectivity index (χ1n) is 11.8. The smallest absolute Gasteiger partial charge is 0.181 e. The summed E-state index contributed by atoms with van der Waals surface area (Å²) in [5.41, 5.74) is 8.80. The SMILES string of the molecule is CN1CCN(c2ccc(-c3cnc4n[nH]c(-c5ccc(-c6ccccc6)cc5)c4c3)cc2)CC1. The zero-order chi connectivity index (χ0) is 22.9. The first kappa shape index (κ1) is 20.6. The minimum absolute atomic E-state index is 0.736. The van der Waals surface area contributed by atoms with Crippen molar-refractivity contribution in [3.63, 3.8) is 0 Å². The summed E-state index contributed by atoms with van der Waals surface area (Å²) in [6.45, 7) is 4.37. The van der Waals surface area contributed by atoms with Gasteiger partial charge in [-0.05, 0) is 41.9 Å². The number of hydrogen-bond acceptors (Lipinski definition) is 4. The van der Waals surface area contributed by atoms with Gasteiger partial charge < -0.3 is 9.80 Å². The van der Waals surface area contributed by atoms with Crippen LogP contribution in [0.2, 0.25) is 0 Å². The second-order valence-electron chi connectivity index (χ2n) is 8.97. The lowest BCUT2D eigenvalue weighted by Gasteiger charge is -2.34. The molecule has 1 N–H and O–H groups in total. The first-order valence-corrected chi connectivity index (χ1v) is 11.8. The Morgan fingerprint density at radius 3 is 2.03 bits per heavy atom. The molecule has 0 aliphatic carbocycles. The van der Waals surface area contributed by atoms with E-state index in [4.69, 9.17) is 0 Å². The summed E-state index contributed by atoms with van der Waals surface area (Å²) in [5, 5.41) is 8.68. The maximum absolute atomic E-state index is 4.63. The monoisotopic (exact) mass is 445 g/mol. The third-order valence-electron chi connectivity index (χ3n) is 6.76. The van der Waals surface area contributed by atoms with E-state index in [1.807, 2.05) is 12.3 Å². The molecule has 0 bridgehead atoms. The third-order valence-corrected chi connectivity index (χ3v) is 6.76. The van der Waals surface area contributed by atoms with Crippen LogP contribution < -0.4 is 4.90 Å². The lowest BCUT2D eigenvalue weighted by atomic mass is 10.0. The summed E-state index contributed by atoms with van der Waals surface area (Å²) in [6, 6.07) is 30.1. The zero-order valence-electron chi connectivity index (χ0n) is 19.3. The Hall–Kier alpha value is -3.96. The Balaban J connectivity index is 1.28. The molecule has 1 fully saturated rings.